The molecule has 108 valence electrons. The zero-order valence-electron chi connectivity index (χ0n) is 11.6. The molecule has 6 nitrogen and oxygen atoms in total. The van der Waals surface area contributed by atoms with E-state index in [1.165, 1.54) is 25.2 Å². The zero-order valence-corrected chi connectivity index (χ0v) is 12.4. The average Bonchev–Trinajstić information content (AvgIpc) is 2.31. The first-order valence-corrected chi connectivity index (χ1v) is 7.38. The van der Waals surface area contributed by atoms with E-state index < -0.39 is 21.7 Å². The number of benzene rings is 1. The molecular formula is C12H21N3O3S. The molecule has 0 spiro atoms. The van der Waals surface area contributed by atoms with Crippen molar-refractivity contribution in [2.45, 2.75) is 37.3 Å². The molecule has 19 heavy (non-hydrogen) atoms. The van der Waals surface area contributed by atoms with E-state index in [9.17, 15) is 13.5 Å². The molecule has 5 N–H and O–H groups in total. The summed E-state index contributed by atoms with van der Waals surface area (Å²) in [6.07, 6.45) is -0.628. The maximum Gasteiger partial charge on any atom is 0.240 e. The lowest BCUT2D eigenvalue weighted by molar-refractivity contribution is 0.133. The van der Waals surface area contributed by atoms with Crippen LogP contribution in [0.2, 0.25) is 0 Å². The highest BCUT2D eigenvalue weighted by atomic mass is 32.2. The van der Waals surface area contributed by atoms with E-state index in [4.69, 9.17) is 5.73 Å². The Morgan fingerprint density at radius 2 is 1.95 bits per heavy atom. The second-order valence-corrected chi connectivity index (χ2v) is 6.87. The first kappa shape index (κ1) is 15.7. The summed E-state index contributed by atoms with van der Waals surface area (Å²) in [6.45, 7) is 5.25. The second-order valence-electron chi connectivity index (χ2n) is 4.98. The van der Waals surface area contributed by atoms with Crippen molar-refractivity contribution >= 4 is 21.4 Å². The van der Waals surface area contributed by atoms with Gasteiger partial charge in [-0.15, -0.1) is 0 Å². The Labute approximate surface area is 114 Å². The van der Waals surface area contributed by atoms with E-state index in [-0.39, 0.29) is 4.90 Å². The van der Waals surface area contributed by atoms with E-state index >= 15 is 0 Å². The minimum absolute atomic E-state index is 0.119. The summed E-state index contributed by atoms with van der Waals surface area (Å²) in [7, 11) is -2.18. The van der Waals surface area contributed by atoms with Gasteiger partial charge in [-0.25, -0.2) is 13.1 Å². The van der Waals surface area contributed by atoms with Crippen LogP contribution in [0.1, 0.15) is 20.8 Å². The minimum Gasteiger partial charge on any atom is -0.397 e. The average molecular weight is 287 g/mol. The van der Waals surface area contributed by atoms with Gasteiger partial charge in [-0.05, 0) is 46.0 Å². The molecule has 0 aromatic heterocycles. The van der Waals surface area contributed by atoms with Gasteiger partial charge in [0.15, 0.2) is 0 Å². The fourth-order valence-corrected chi connectivity index (χ4v) is 2.14. The largest absolute Gasteiger partial charge is 0.397 e. The van der Waals surface area contributed by atoms with Gasteiger partial charge >= 0.3 is 0 Å². The van der Waals surface area contributed by atoms with Gasteiger partial charge in [0.1, 0.15) is 0 Å². The van der Waals surface area contributed by atoms with Gasteiger partial charge in [0.25, 0.3) is 0 Å². The van der Waals surface area contributed by atoms with Crippen molar-refractivity contribution in [3.63, 3.8) is 0 Å². The van der Waals surface area contributed by atoms with Crippen LogP contribution in [0.3, 0.4) is 0 Å². The lowest BCUT2D eigenvalue weighted by atomic mass is 9.98. The summed E-state index contributed by atoms with van der Waals surface area (Å²) >= 11 is 0. The fourth-order valence-electron chi connectivity index (χ4n) is 1.38. The van der Waals surface area contributed by atoms with Crippen LogP contribution in [0, 0.1) is 0 Å². The summed E-state index contributed by atoms with van der Waals surface area (Å²) in [5.41, 5.74) is 6.09. The molecule has 0 aliphatic rings. The van der Waals surface area contributed by atoms with Crippen LogP contribution in [-0.2, 0) is 10.0 Å². The van der Waals surface area contributed by atoms with Crippen molar-refractivity contribution in [3.8, 4) is 0 Å². The van der Waals surface area contributed by atoms with Crippen LogP contribution in [-0.4, -0.2) is 32.2 Å². The number of hydrogen-bond donors (Lipinski definition) is 4. The van der Waals surface area contributed by atoms with Gasteiger partial charge in [-0.1, -0.05) is 0 Å². The monoisotopic (exact) mass is 287 g/mol. The highest BCUT2D eigenvalue weighted by molar-refractivity contribution is 7.89. The summed E-state index contributed by atoms with van der Waals surface area (Å²) in [4.78, 5) is 0.119. The predicted molar refractivity (Wildman–Crippen MR) is 76.5 cm³/mol. The van der Waals surface area contributed by atoms with Crippen LogP contribution in [0.15, 0.2) is 23.1 Å². The number of nitrogen functional groups attached to an aromatic ring is 1. The van der Waals surface area contributed by atoms with E-state index in [0.717, 1.165) is 0 Å². The number of aliphatic hydroxyl groups is 1. The minimum atomic E-state index is -3.52. The first-order chi connectivity index (χ1) is 8.60. The topological polar surface area (TPSA) is 104 Å². The van der Waals surface area contributed by atoms with Crippen molar-refractivity contribution in [2.75, 3.05) is 18.1 Å². The molecular weight excluding hydrogens is 266 g/mol. The molecule has 1 unspecified atom stereocenters. The Morgan fingerprint density at radius 3 is 2.42 bits per heavy atom. The van der Waals surface area contributed by atoms with Crippen molar-refractivity contribution in [1.82, 2.24) is 4.72 Å². The maximum absolute atomic E-state index is 11.7. The predicted octanol–water partition coefficient (Wildman–Crippen LogP) is 0.748. The molecule has 1 aromatic rings. The molecule has 1 atom stereocenters. The molecule has 7 heteroatoms. The first-order valence-electron chi connectivity index (χ1n) is 5.89. The number of rotatable bonds is 5. The number of nitrogens with two attached hydrogens (primary N) is 1. The van der Waals surface area contributed by atoms with Crippen molar-refractivity contribution < 1.29 is 13.5 Å². The standard InChI is InChI=1S/C12H21N3O3S/c1-8(16)12(2,3)15-11-7-9(5-6-10(11)13)19(17,18)14-4/h5-8,14-16H,13H2,1-4H3. The Morgan fingerprint density at radius 1 is 1.37 bits per heavy atom. The molecule has 0 radical (unpaired) electrons. The van der Waals surface area contributed by atoms with Crippen molar-refractivity contribution in [3.05, 3.63) is 18.2 Å². The SMILES string of the molecule is CNS(=O)(=O)c1ccc(N)c(NC(C)(C)C(C)O)c1. The van der Waals surface area contributed by atoms with Gasteiger partial charge in [-0.3, -0.25) is 0 Å². The number of sulfonamides is 1. The van der Waals surface area contributed by atoms with Gasteiger partial charge in [-0.2, -0.15) is 0 Å². The molecule has 0 saturated heterocycles. The number of anilines is 2. The summed E-state index contributed by atoms with van der Waals surface area (Å²) < 4.78 is 25.7. The molecule has 0 aliphatic carbocycles. The van der Waals surface area contributed by atoms with Gasteiger partial charge in [0, 0.05) is 0 Å². The molecule has 0 amide bonds. The van der Waals surface area contributed by atoms with Crippen molar-refractivity contribution in [1.29, 1.82) is 0 Å². The molecule has 0 saturated carbocycles. The molecule has 0 heterocycles. The van der Waals surface area contributed by atoms with Crippen LogP contribution < -0.4 is 15.8 Å². The van der Waals surface area contributed by atoms with Crippen LogP contribution in [0.25, 0.3) is 0 Å². The van der Waals surface area contributed by atoms with Crippen LogP contribution in [0.5, 0.6) is 0 Å². The molecule has 1 rings (SSSR count). The maximum atomic E-state index is 11.7. The Balaban J connectivity index is 3.19. The second kappa shape index (κ2) is 5.36. The third kappa shape index (κ3) is 3.59. The van der Waals surface area contributed by atoms with Gasteiger partial charge < -0.3 is 16.2 Å². The molecule has 1 aromatic carbocycles. The third-order valence-corrected chi connectivity index (χ3v) is 4.52. The molecule has 0 aliphatic heterocycles. The Kier molecular flexibility index (Phi) is 4.44. The van der Waals surface area contributed by atoms with Crippen LogP contribution >= 0.6 is 0 Å². The Hall–Kier alpha value is -1.31. The van der Waals surface area contributed by atoms with E-state index in [1.807, 2.05) is 0 Å². The highest BCUT2D eigenvalue weighted by Crippen LogP contribution is 2.27. The normalized spacial score (nSPS) is 14.2. The number of nitrogens with one attached hydrogen (secondary N) is 2. The lowest BCUT2D eigenvalue weighted by Gasteiger charge is -2.31. The zero-order chi connectivity index (χ0) is 14.8. The quantitative estimate of drug-likeness (QED) is 0.598. The Bertz CT molecular complexity index is 553. The summed E-state index contributed by atoms with van der Waals surface area (Å²) in [5.74, 6) is 0. The van der Waals surface area contributed by atoms with Gasteiger partial charge in [0.2, 0.25) is 10.0 Å². The van der Waals surface area contributed by atoms with E-state index in [1.54, 1.807) is 20.8 Å². The number of hydrogen-bond acceptors (Lipinski definition) is 5. The molecule has 0 fully saturated rings. The number of aliphatic hydroxyl groups excluding tert-OH is 1. The highest BCUT2D eigenvalue weighted by Gasteiger charge is 2.25. The summed E-state index contributed by atoms with van der Waals surface area (Å²) in [6, 6.07) is 4.40. The van der Waals surface area contributed by atoms with Crippen molar-refractivity contribution in [2.24, 2.45) is 0 Å². The summed E-state index contributed by atoms with van der Waals surface area (Å²) in [5, 5.41) is 12.7. The molecule has 0 bridgehead atoms. The lowest BCUT2D eigenvalue weighted by Crippen LogP contribution is -2.42. The van der Waals surface area contributed by atoms with E-state index in [2.05, 4.69) is 10.0 Å². The van der Waals surface area contributed by atoms with E-state index in [0.29, 0.717) is 11.4 Å². The smallest absolute Gasteiger partial charge is 0.240 e. The van der Waals surface area contributed by atoms with Crippen LogP contribution in [0.4, 0.5) is 11.4 Å². The third-order valence-electron chi connectivity index (χ3n) is 3.11. The van der Waals surface area contributed by atoms with Gasteiger partial charge in [0.05, 0.1) is 27.9 Å². The fraction of sp³-hybridized carbons (Fsp3) is 0.500.